The van der Waals surface area contributed by atoms with Gasteiger partial charge in [0.15, 0.2) is 5.78 Å². The van der Waals surface area contributed by atoms with E-state index in [1.54, 1.807) is 30.3 Å². The Balaban J connectivity index is 1.43. The Morgan fingerprint density at radius 2 is 1.86 bits per heavy atom. The van der Waals surface area contributed by atoms with Crippen molar-refractivity contribution < 1.29 is 17.6 Å². The highest BCUT2D eigenvalue weighted by Gasteiger charge is 2.27. The Labute approximate surface area is 167 Å². The van der Waals surface area contributed by atoms with Crippen molar-refractivity contribution in [3.63, 3.8) is 0 Å². The number of hydrogen-bond donors (Lipinski definition) is 0. The van der Waals surface area contributed by atoms with Crippen LogP contribution < -0.4 is 0 Å². The van der Waals surface area contributed by atoms with Crippen molar-refractivity contribution in [3.05, 3.63) is 52.5 Å². The van der Waals surface area contributed by atoms with E-state index in [0.717, 1.165) is 17.7 Å². The van der Waals surface area contributed by atoms with Gasteiger partial charge in [0.05, 0.1) is 9.77 Å². The predicted molar refractivity (Wildman–Crippen MR) is 105 cm³/mol. The van der Waals surface area contributed by atoms with Crippen molar-refractivity contribution in [2.75, 3.05) is 13.1 Å². The molecule has 146 valence electrons. The summed E-state index contributed by atoms with van der Waals surface area (Å²) in [7, 11) is -3.44. The van der Waals surface area contributed by atoms with Gasteiger partial charge in [0.2, 0.25) is 21.8 Å². The van der Waals surface area contributed by atoms with Crippen LogP contribution in [0.2, 0.25) is 0 Å². The number of carbonyl (C=O) groups excluding carboxylic acids is 1. The van der Waals surface area contributed by atoms with Crippen LogP contribution in [-0.4, -0.2) is 41.8 Å². The molecule has 0 N–H and O–H groups in total. The Bertz CT molecular complexity index is 1050. The molecule has 4 rings (SSSR count). The molecule has 0 saturated carbocycles. The van der Waals surface area contributed by atoms with E-state index in [2.05, 4.69) is 10.2 Å². The van der Waals surface area contributed by atoms with Gasteiger partial charge in [-0.1, -0.05) is 6.07 Å². The number of aryl methyl sites for hydroxylation is 1. The van der Waals surface area contributed by atoms with E-state index in [-0.39, 0.29) is 10.7 Å². The zero-order chi connectivity index (χ0) is 19.6. The number of Topliss-reactive ketones (excluding diaryl/α,β-unsaturated/α-hetero) is 1. The van der Waals surface area contributed by atoms with Crippen LogP contribution in [0, 0.1) is 0 Å². The first kappa shape index (κ1) is 19.0. The van der Waals surface area contributed by atoms with Crippen LogP contribution in [0.5, 0.6) is 0 Å². The Hall–Kier alpha value is -2.36. The van der Waals surface area contributed by atoms with Gasteiger partial charge in [0.1, 0.15) is 0 Å². The number of hydrogen-bond acceptors (Lipinski definition) is 7. The number of nitrogens with zero attached hydrogens (tertiary/aromatic N) is 3. The van der Waals surface area contributed by atoms with Gasteiger partial charge in [0, 0.05) is 31.5 Å². The first-order valence-electron chi connectivity index (χ1n) is 9.04. The van der Waals surface area contributed by atoms with Gasteiger partial charge in [-0.05, 0) is 48.6 Å². The summed E-state index contributed by atoms with van der Waals surface area (Å²) in [5, 5.41) is 9.87. The SMILES string of the molecule is O=C(CCc1nnc(-c2ccc(S(=O)(=O)N3CCCC3)cc2)o1)c1cccs1. The van der Waals surface area contributed by atoms with Gasteiger partial charge in [0.25, 0.3) is 0 Å². The Morgan fingerprint density at radius 3 is 2.54 bits per heavy atom. The third kappa shape index (κ3) is 3.91. The second-order valence-corrected chi connectivity index (χ2v) is 9.42. The van der Waals surface area contributed by atoms with Gasteiger partial charge in [-0.15, -0.1) is 21.5 Å². The molecule has 2 aromatic heterocycles. The van der Waals surface area contributed by atoms with Gasteiger partial charge in [-0.2, -0.15) is 4.31 Å². The summed E-state index contributed by atoms with van der Waals surface area (Å²) in [5.41, 5.74) is 0.642. The summed E-state index contributed by atoms with van der Waals surface area (Å²) in [6, 6.07) is 10.1. The number of benzene rings is 1. The maximum Gasteiger partial charge on any atom is 0.247 e. The van der Waals surface area contributed by atoms with Crippen LogP contribution in [0.15, 0.2) is 51.1 Å². The van der Waals surface area contributed by atoms with Crippen molar-refractivity contribution in [1.29, 1.82) is 0 Å². The lowest BCUT2D eigenvalue weighted by Gasteiger charge is -2.15. The van der Waals surface area contributed by atoms with E-state index >= 15 is 0 Å². The van der Waals surface area contributed by atoms with Gasteiger partial charge in [-0.25, -0.2) is 8.42 Å². The van der Waals surface area contributed by atoms with Crippen molar-refractivity contribution in [2.45, 2.75) is 30.6 Å². The van der Waals surface area contributed by atoms with Crippen molar-refractivity contribution in [3.8, 4) is 11.5 Å². The maximum absolute atomic E-state index is 12.6. The van der Waals surface area contributed by atoms with Gasteiger partial charge >= 0.3 is 0 Å². The van der Waals surface area contributed by atoms with E-state index in [9.17, 15) is 13.2 Å². The number of rotatable bonds is 7. The largest absolute Gasteiger partial charge is 0.421 e. The summed E-state index contributed by atoms with van der Waals surface area (Å²) in [4.78, 5) is 13.0. The first-order valence-corrected chi connectivity index (χ1v) is 11.4. The van der Waals surface area contributed by atoms with E-state index in [4.69, 9.17) is 4.42 Å². The molecule has 1 aliphatic rings. The predicted octanol–water partition coefficient (Wildman–Crippen LogP) is 3.40. The summed E-state index contributed by atoms with van der Waals surface area (Å²) in [5.74, 6) is 0.739. The van der Waals surface area contributed by atoms with E-state index < -0.39 is 10.0 Å². The highest BCUT2D eigenvalue weighted by atomic mass is 32.2. The number of ketones is 1. The average molecular weight is 418 g/mol. The van der Waals surface area contributed by atoms with Crippen LogP contribution in [-0.2, 0) is 16.4 Å². The number of carbonyl (C=O) groups is 1. The zero-order valence-corrected chi connectivity index (χ0v) is 16.7. The lowest BCUT2D eigenvalue weighted by atomic mass is 10.2. The topological polar surface area (TPSA) is 93.4 Å². The number of sulfonamides is 1. The molecule has 1 saturated heterocycles. The minimum absolute atomic E-state index is 0.0474. The number of thiophene rings is 1. The minimum atomic E-state index is -3.44. The van der Waals surface area contributed by atoms with Crippen LogP contribution in [0.4, 0.5) is 0 Å². The van der Waals surface area contributed by atoms with Crippen LogP contribution in [0.25, 0.3) is 11.5 Å². The molecule has 0 spiro atoms. The third-order valence-electron chi connectivity index (χ3n) is 4.63. The molecular weight excluding hydrogens is 398 g/mol. The van der Waals surface area contributed by atoms with E-state index in [1.807, 2.05) is 11.4 Å². The fourth-order valence-electron chi connectivity index (χ4n) is 3.10. The molecule has 9 heteroatoms. The summed E-state index contributed by atoms with van der Waals surface area (Å²) < 4.78 is 32.3. The van der Waals surface area contributed by atoms with Crippen molar-refractivity contribution >= 4 is 27.1 Å². The lowest BCUT2D eigenvalue weighted by Crippen LogP contribution is -2.27. The smallest absolute Gasteiger partial charge is 0.247 e. The fourth-order valence-corrected chi connectivity index (χ4v) is 5.31. The molecule has 0 radical (unpaired) electrons. The van der Waals surface area contributed by atoms with E-state index in [1.165, 1.54) is 15.6 Å². The van der Waals surface area contributed by atoms with Gasteiger partial charge < -0.3 is 4.42 Å². The van der Waals surface area contributed by atoms with Crippen LogP contribution >= 0.6 is 11.3 Å². The molecule has 3 aromatic rings. The van der Waals surface area contributed by atoms with Crippen LogP contribution in [0.1, 0.15) is 34.8 Å². The molecule has 1 fully saturated rings. The average Bonchev–Trinajstić information content (AvgIpc) is 3.48. The second kappa shape index (κ2) is 7.94. The summed E-state index contributed by atoms with van der Waals surface area (Å²) >= 11 is 1.41. The fraction of sp³-hybridized carbons (Fsp3) is 0.316. The minimum Gasteiger partial charge on any atom is -0.421 e. The summed E-state index contributed by atoms with van der Waals surface area (Å²) in [6.45, 7) is 1.14. The molecule has 0 aliphatic carbocycles. The van der Waals surface area contributed by atoms with E-state index in [0.29, 0.717) is 43.3 Å². The quantitative estimate of drug-likeness (QED) is 0.547. The highest BCUT2D eigenvalue weighted by Crippen LogP contribution is 2.24. The lowest BCUT2D eigenvalue weighted by molar-refractivity contribution is 0.0984. The van der Waals surface area contributed by atoms with Crippen molar-refractivity contribution in [2.24, 2.45) is 0 Å². The van der Waals surface area contributed by atoms with Crippen molar-refractivity contribution in [1.82, 2.24) is 14.5 Å². The molecule has 0 atom stereocenters. The van der Waals surface area contributed by atoms with Gasteiger partial charge in [-0.3, -0.25) is 4.79 Å². The molecule has 3 heterocycles. The molecule has 0 unspecified atom stereocenters. The molecule has 0 amide bonds. The first-order chi connectivity index (χ1) is 13.5. The highest BCUT2D eigenvalue weighted by molar-refractivity contribution is 7.89. The third-order valence-corrected chi connectivity index (χ3v) is 7.46. The summed E-state index contributed by atoms with van der Waals surface area (Å²) in [6.07, 6.45) is 2.47. The number of aromatic nitrogens is 2. The Kier molecular flexibility index (Phi) is 5.38. The molecular formula is C19H19N3O4S2. The Morgan fingerprint density at radius 1 is 1.11 bits per heavy atom. The molecule has 0 bridgehead atoms. The van der Waals surface area contributed by atoms with Crippen LogP contribution in [0.3, 0.4) is 0 Å². The normalized spacial score (nSPS) is 15.1. The second-order valence-electron chi connectivity index (χ2n) is 6.54. The molecule has 1 aromatic carbocycles. The molecule has 1 aliphatic heterocycles. The maximum atomic E-state index is 12.6. The molecule has 28 heavy (non-hydrogen) atoms. The zero-order valence-electron chi connectivity index (χ0n) is 15.1. The standard InChI is InChI=1S/C19H19N3O4S2/c23-16(17-4-3-13-27-17)9-10-18-20-21-19(26-18)14-5-7-15(8-6-14)28(24,25)22-11-1-2-12-22/h3-8,13H,1-2,9-12H2. The molecule has 7 nitrogen and oxygen atoms in total. The monoisotopic (exact) mass is 417 g/mol.